The van der Waals surface area contributed by atoms with Gasteiger partial charge < -0.3 is 0 Å². The van der Waals surface area contributed by atoms with Crippen LogP contribution in [0.3, 0.4) is 0 Å². The van der Waals surface area contributed by atoms with Gasteiger partial charge in [-0.1, -0.05) is 11.8 Å². The smallest absolute Gasteiger partial charge is 0.0230 e. The molecule has 0 heterocycles. The molecule has 0 aromatic heterocycles. The zero-order valence-corrected chi connectivity index (χ0v) is 9.37. The first-order valence-corrected chi connectivity index (χ1v) is 3.75. The van der Waals surface area contributed by atoms with Crippen LogP contribution in [-0.4, -0.2) is 0 Å². The number of hydrogen-bond acceptors (Lipinski definition) is 0. The second-order valence-electron chi connectivity index (χ2n) is 4.75. The summed E-state index contributed by atoms with van der Waals surface area (Å²) < 4.78 is 0. The van der Waals surface area contributed by atoms with Gasteiger partial charge >= 0.3 is 0 Å². The van der Waals surface area contributed by atoms with Crippen molar-refractivity contribution in [1.29, 1.82) is 0 Å². The Balaban J connectivity index is 0. The molecule has 0 nitrogen and oxygen atoms in total. The fourth-order valence-electron chi connectivity index (χ4n) is 0.375. The topological polar surface area (TPSA) is 0 Å². The molecule has 0 aromatic rings. The molecule has 67 valence electrons. The van der Waals surface area contributed by atoms with Crippen LogP contribution in [0.2, 0.25) is 0 Å². The average molecular weight is 197 g/mol. The molecule has 0 amide bonds. The van der Waals surface area contributed by atoms with Gasteiger partial charge in [0.05, 0.1) is 0 Å². The van der Waals surface area contributed by atoms with Crippen molar-refractivity contribution in [2.24, 2.45) is 10.8 Å². The maximum absolute atomic E-state index is 3.21. The molecule has 0 atom stereocenters. The summed E-state index contributed by atoms with van der Waals surface area (Å²) in [6.07, 6.45) is 0. The van der Waals surface area contributed by atoms with Gasteiger partial charge in [0.25, 0.3) is 0 Å². The number of rotatable bonds is 0. The van der Waals surface area contributed by atoms with Crippen molar-refractivity contribution in [3.63, 3.8) is 0 Å². The van der Waals surface area contributed by atoms with Gasteiger partial charge in [0.15, 0.2) is 0 Å². The van der Waals surface area contributed by atoms with Gasteiger partial charge in [-0.05, 0) is 41.5 Å². The Bertz CT molecular complexity index is 138. The van der Waals surface area contributed by atoms with Crippen LogP contribution >= 0.6 is 0 Å². The molecule has 0 aliphatic carbocycles. The van der Waals surface area contributed by atoms with E-state index in [0.717, 1.165) is 0 Å². The fraction of sp³-hybridized carbons (Fsp3) is 0.800. The molecule has 0 bridgehead atoms. The van der Waals surface area contributed by atoms with Gasteiger partial charge in [-0.2, -0.15) is 0 Å². The normalized spacial score (nSPS) is 11.1. The summed E-state index contributed by atoms with van der Waals surface area (Å²) in [6, 6.07) is 0. The van der Waals surface area contributed by atoms with Gasteiger partial charge in [-0.15, -0.1) is 0 Å². The Morgan fingerprint density at radius 3 is 0.909 bits per heavy atom. The van der Waals surface area contributed by atoms with Crippen molar-refractivity contribution in [3.8, 4) is 11.8 Å². The van der Waals surface area contributed by atoms with E-state index in [0.29, 0.717) is 0 Å². The molecule has 0 rings (SSSR count). The Labute approximate surface area is 81.3 Å². The van der Waals surface area contributed by atoms with Crippen LogP contribution in [0.15, 0.2) is 0 Å². The SMILES string of the molecule is CC(C)(C)C#CC(C)(C)C.[Co]. The van der Waals surface area contributed by atoms with Gasteiger partial charge in [0, 0.05) is 27.6 Å². The van der Waals surface area contributed by atoms with Crippen molar-refractivity contribution in [3.05, 3.63) is 0 Å². The first-order valence-electron chi connectivity index (χ1n) is 3.75. The van der Waals surface area contributed by atoms with E-state index in [-0.39, 0.29) is 27.6 Å². The van der Waals surface area contributed by atoms with E-state index in [1.165, 1.54) is 0 Å². The number of hydrogen-bond donors (Lipinski definition) is 0. The van der Waals surface area contributed by atoms with E-state index in [1.54, 1.807) is 0 Å². The van der Waals surface area contributed by atoms with Crippen molar-refractivity contribution in [2.75, 3.05) is 0 Å². The Hall–Kier alpha value is 0.0665. The van der Waals surface area contributed by atoms with Gasteiger partial charge in [0.1, 0.15) is 0 Å². The quantitative estimate of drug-likeness (QED) is 0.523. The van der Waals surface area contributed by atoms with Crippen LogP contribution in [0, 0.1) is 22.7 Å². The molecule has 0 saturated heterocycles. The Morgan fingerprint density at radius 1 is 0.636 bits per heavy atom. The van der Waals surface area contributed by atoms with Crippen LogP contribution in [0.5, 0.6) is 0 Å². The molecule has 0 aliphatic rings. The third-order valence-corrected chi connectivity index (χ3v) is 0.812. The molecular formula is C10H18Co. The summed E-state index contributed by atoms with van der Waals surface area (Å²) in [7, 11) is 0. The molecule has 1 radical (unpaired) electrons. The molecule has 0 saturated carbocycles. The standard InChI is InChI=1S/C10H18.Co/c1-9(2,3)7-8-10(4,5)6;/h1-6H3;. The largest absolute Gasteiger partial charge is 0.0968 e. The van der Waals surface area contributed by atoms with Crippen molar-refractivity contribution >= 4 is 0 Å². The van der Waals surface area contributed by atoms with Crippen LogP contribution in [0.4, 0.5) is 0 Å². The van der Waals surface area contributed by atoms with E-state index in [4.69, 9.17) is 0 Å². The molecule has 0 fully saturated rings. The summed E-state index contributed by atoms with van der Waals surface area (Å²) in [5.74, 6) is 6.42. The zero-order valence-electron chi connectivity index (χ0n) is 8.33. The van der Waals surface area contributed by atoms with E-state index in [1.807, 2.05) is 0 Å². The van der Waals surface area contributed by atoms with Crippen LogP contribution in [0.25, 0.3) is 0 Å². The minimum Gasteiger partial charge on any atom is -0.0968 e. The average Bonchev–Trinajstić information content (AvgIpc) is 1.57. The third kappa shape index (κ3) is 13.1. The molecule has 11 heavy (non-hydrogen) atoms. The van der Waals surface area contributed by atoms with Crippen LogP contribution in [-0.2, 0) is 16.8 Å². The minimum absolute atomic E-state index is 0. The molecular weight excluding hydrogens is 179 g/mol. The molecule has 0 spiro atoms. The first-order chi connectivity index (χ1) is 4.21. The summed E-state index contributed by atoms with van der Waals surface area (Å²) >= 11 is 0. The maximum Gasteiger partial charge on any atom is 0.0230 e. The minimum atomic E-state index is 0. The van der Waals surface area contributed by atoms with Crippen molar-refractivity contribution in [1.82, 2.24) is 0 Å². The second-order valence-corrected chi connectivity index (χ2v) is 4.75. The van der Waals surface area contributed by atoms with Crippen LogP contribution in [0.1, 0.15) is 41.5 Å². The van der Waals surface area contributed by atoms with E-state index < -0.39 is 0 Å². The van der Waals surface area contributed by atoms with Crippen molar-refractivity contribution in [2.45, 2.75) is 41.5 Å². The second kappa shape index (κ2) is 4.18. The summed E-state index contributed by atoms with van der Waals surface area (Å²) in [5, 5.41) is 0. The summed E-state index contributed by atoms with van der Waals surface area (Å²) in [6.45, 7) is 12.8. The third-order valence-electron chi connectivity index (χ3n) is 0.812. The Morgan fingerprint density at radius 2 is 0.818 bits per heavy atom. The molecule has 0 aliphatic heterocycles. The van der Waals surface area contributed by atoms with Crippen LogP contribution < -0.4 is 0 Å². The zero-order chi connectivity index (χ0) is 8.41. The van der Waals surface area contributed by atoms with E-state index >= 15 is 0 Å². The van der Waals surface area contributed by atoms with E-state index in [9.17, 15) is 0 Å². The van der Waals surface area contributed by atoms with Gasteiger partial charge in [0.2, 0.25) is 0 Å². The molecule has 1 heteroatoms. The summed E-state index contributed by atoms with van der Waals surface area (Å²) in [5.41, 5.74) is 0.292. The molecule has 0 unspecified atom stereocenters. The van der Waals surface area contributed by atoms with Gasteiger partial charge in [-0.25, -0.2) is 0 Å². The predicted octanol–water partition coefficient (Wildman–Crippen LogP) is 3.08. The maximum atomic E-state index is 3.21. The van der Waals surface area contributed by atoms with Crippen molar-refractivity contribution < 1.29 is 16.8 Å². The van der Waals surface area contributed by atoms with E-state index in [2.05, 4.69) is 53.4 Å². The van der Waals surface area contributed by atoms with Gasteiger partial charge in [-0.3, -0.25) is 0 Å². The predicted molar refractivity (Wildman–Crippen MR) is 46.7 cm³/mol. The molecule has 0 aromatic carbocycles. The first kappa shape index (κ1) is 13.6. The summed E-state index contributed by atoms with van der Waals surface area (Å²) in [4.78, 5) is 0. The fourth-order valence-corrected chi connectivity index (χ4v) is 0.375. The monoisotopic (exact) mass is 197 g/mol. The Kier molecular flexibility index (Phi) is 5.19. The molecule has 0 N–H and O–H groups in total.